The highest BCUT2D eigenvalue weighted by Crippen LogP contribution is 2.32. The SMILES string of the molecule is Cc1nc2ncnn2c(C)c1CCC(=O)N1CCN(c2cccc(C(F)(F)F)c2)CC1. The van der Waals surface area contributed by atoms with E-state index in [1.807, 2.05) is 18.7 Å². The lowest BCUT2D eigenvalue weighted by atomic mass is 10.1. The van der Waals surface area contributed by atoms with Crippen molar-refractivity contribution in [3.63, 3.8) is 0 Å². The summed E-state index contributed by atoms with van der Waals surface area (Å²) >= 11 is 0. The summed E-state index contributed by atoms with van der Waals surface area (Å²) in [6.45, 7) is 5.79. The molecule has 1 saturated heterocycles. The first-order valence-electron chi connectivity index (χ1n) is 10.1. The van der Waals surface area contributed by atoms with Gasteiger partial charge in [0, 0.05) is 49.7 Å². The van der Waals surface area contributed by atoms with E-state index in [0.29, 0.717) is 50.5 Å². The van der Waals surface area contributed by atoms with Gasteiger partial charge in [-0.1, -0.05) is 6.07 Å². The molecule has 2 aromatic heterocycles. The van der Waals surface area contributed by atoms with Crippen LogP contribution in [0.15, 0.2) is 30.6 Å². The Kier molecular flexibility index (Phi) is 5.55. The number of aryl methyl sites for hydroxylation is 2. The second-order valence-corrected chi connectivity index (χ2v) is 7.65. The number of carbonyl (C=O) groups excluding carboxylic acids is 1. The Morgan fingerprint density at radius 3 is 2.58 bits per heavy atom. The van der Waals surface area contributed by atoms with E-state index < -0.39 is 11.7 Å². The number of rotatable bonds is 4. The third-order valence-corrected chi connectivity index (χ3v) is 5.75. The molecule has 164 valence electrons. The van der Waals surface area contributed by atoms with Gasteiger partial charge in [0.2, 0.25) is 5.91 Å². The molecule has 1 aromatic carbocycles. The van der Waals surface area contributed by atoms with E-state index in [2.05, 4.69) is 15.1 Å². The zero-order valence-electron chi connectivity index (χ0n) is 17.4. The van der Waals surface area contributed by atoms with Crippen LogP contribution in [0, 0.1) is 13.8 Å². The van der Waals surface area contributed by atoms with Crippen LogP contribution in [0.25, 0.3) is 5.78 Å². The molecule has 0 atom stereocenters. The molecular formula is C21H23F3N6O. The highest BCUT2D eigenvalue weighted by molar-refractivity contribution is 5.77. The fourth-order valence-electron chi connectivity index (χ4n) is 4.00. The first-order chi connectivity index (χ1) is 14.7. The van der Waals surface area contributed by atoms with Gasteiger partial charge in [0.25, 0.3) is 5.78 Å². The predicted octanol–water partition coefficient (Wildman–Crippen LogP) is 3.04. The van der Waals surface area contributed by atoms with E-state index >= 15 is 0 Å². The van der Waals surface area contributed by atoms with Crippen LogP contribution in [0.3, 0.4) is 0 Å². The number of nitrogens with zero attached hydrogens (tertiary/aromatic N) is 6. The van der Waals surface area contributed by atoms with Gasteiger partial charge in [0.1, 0.15) is 6.33 Å². The largest absolute Gasteiger partial charge is 0.416 e. The third kappa shape index (κ3) is 4.33. The van der Waals surface area contributed by atoms with Crippen LogP contribution in [0.1, 0.15) is 28.9 Å². The van der Waals surface area contributed by atoms with Crippen molar-refractivity contribution in [2.75, 3.05) is 31.1 Å². The second kappa shape index (κ2) is 8.16. The van der Waals surface area contributed by atoms with Gasteiger partial charge in [-0.2, -0.15) is 23.3 Å². The molecule has 0 spiro atoms. The minimum absolute atomic E-state index is 0.0289. The first kappa shape index (κ1) is 21.1. The number of alkyl halides is 3. The number of aromatic nitrogens is 4. The van der Waals surface area contributed by atoms with Gasteiger partial charge in [-0.15, -0.1) is 0 Å². The second-order valence-electron chi connectivity index (χ2n) is 7.65. The summed E-state index contributed by atoms with van der Waals surface area (Å²) in [5, 5.41) is 4.17. The van der Waals surface area contributed by atoms with Gasteiger partial charge in [-0.25, -0.2) is 9.50 Å². The molecule has 31 heavy (non-hydrogen) atoms. The lowest BCUT2D eigenvalue weighted by Crippen LogP contribution is -2.48. The molecule has 7 nitrogen and oxygen atoms in total. The fraction of sp³-hybridized carbons (Fsp3) is 0.429. The van der Waals surface area contributed by atoms with Crippen LogP contribution in [0.4, 0.5) is 18.9 Å². The van der Waals surface area contributed by atoms with Gasteiger partial charge in [-0.3, -0.25) is 4.79 Å². The van der Waals surface area contributed by atoms with Crippen molar-refractivity contribution in [1.82, 2.24) is 24.5 Å². The number of halogens is 3. The summed E-state index contributed by atoms with van der Waals surface area (Å²) < 4.78 is 40.6. The number of benzene rings is 1. The summed E-state index contributed by atoms with van der Waals surface area (Å²) in [7, 11) is 0. The number of piperazine rings is 1. The summed E-state index contributed by atoms with van der Waals surface area (Å²) in [6, 6.07) is 5.32. The Hall–Kier alpha value is -3.17. The summed E-state index contributed by atoms with van der Waals surface area (Å²) in [5.74, 6) is 0.567. The fourth-order valence-corrected chi connectivity index (χ4v) is 4.00. The molecule has 1 aliphatic rings. The predicted molar refractivity (Wildman–Crippen MR) is 109 cm³/mol. The highest BCUT2D eigenvalue weighted by atomic mass is 19.4. The molecule has 4 rings (SSSR count). The molecule has 0 bridgehead atoms. The number of amides is 1. The van der Waals surface area contributed by atoms with Gasteiger partial charge in [0.05, 0.1) is 5.56 Å². The molecule has 1 amide bonds. The normalized spacial score (nSPS) is 15.0. The monoisotopic (exact) mass is 432 g/mol. The summed E-state index contributed by atoms with van der Waals surface area (Å²) in [5.41, 5.74) is 2.60. The standard InChI is InChI=1S/C21H23F3N6O/c1-14-18(15(2)30-20(27-14)25-13-26-30)6-7-19(31)29-10-8-28(9-11-29)17-5-3-4-16(12-17)21(22,23)24/h3-5,12-13H,6-11H2,1-2H3. The molecule has 10 heteroatoms. The van der Waals surface area contributed by atoms with E-state index in [-0.39, 0.29) is 5.91 Å². The van der Waals surface area contributed by atoms with E-state index in [9.17, 15) is 18.0 Å². The smallest absolute Gasteiger partial charge is 0.368 e. The average Bonchev–Trinajstić information content (AvgIpc) is 3.21. The minimum atomic E-state index is -4.37. The Morgan fingerprint density at radius 2 is 1.87 bits per heavy atom. The van der Waals surface area contributed by atoms with Crippen LogP contribution in [0.5, 0.6) is 0 Å². The zero-order valence-corrected chi connectivity index (χ0v) is 17.4. The van der Waals surface area contributed by atoms with E-state index in [0.717, 1.165) is 29.1 Å². The molecule has 0 saturated carbocycles. The van der Waals surface area contributed by atoms with E-state index in [1.54, 1.807) is 15.5 Å². The van der Waals surface area contributed by atoms with Crippen LogP contribution in [-0.2, 0) is 17.4 Å². The Morgan fingerprint density at radius 1 is 1.13 bits per heavy atom. The van der Waals surface area contributed by atoms with Crippen LogP contribution >= 0.6 is 0 Å². The van der Waals surface area contributed by atoms with Crippen LogP contribution in [0.2, 0.25) is 0 Å². The molecule has 0 unspecified atom stereocenters. The third-order valence-electron chi connectivity index (χ3n) is 5.75. The van der Waals surface area contributed by atoms with Crippen molar-refractivity contribution in [3.8, 4) is 0 Å². The molecule has 3 heterocycles. The van der Waals surface area contributed by atoms with Crippen molar-refractivity contribution < 1.29 is 18.0 Å². The average molecular weight is 432 g/mol. The van der Waals surface area contributed by atoms with Gasteiger partial charge in [0.15, 0.2) is 0 Å². The number of hydrogen-bond donors (Lipinski definition) is 0. The Labute approximate surface area is 177 Å². The number of fused-ring (bicyclic) bond motifs is 1. The van der Waals surface area contributed by atoms with Crippen molar-refractivity contribution >= 4 is 17.4 Å². The number of carbonyl (C=O) groups is 1. The molecule has 0 N–H and O–H groups in total. The molecule has 1 aliphatic heterocycles. The minimum Gasteiger partial charge on any atom is -0.368 e. The summed E-state index contributed by atoms with van der Waals surface area (Å²) in [4.78, 5) is 24.9. The van der Waals surface area contributed by atoms with Crippen molar-refractivity contribution in [2.24, 2.45) is 0 Å². The maximum Gasteiger partial charge on any atom is 0.416 e. The molecule has 3 aromatic rings. The zero-order chi connectivity index (χ0) is 22.2. The lowest BCUT2D eigenvalue weighted by molar-refractivity contribution is -0.137. The first-order valence-corrected chi connectivity index (χ1v) is 10.1. The summed E-state index contributed by atoms with van der Waals surface area (Å²) in [6.07, 6.45) is -2.03. The quantitative estimate of drug-likeness (QED) is 0.634. The van der Waals surface area contributed by atoms with Crippen molar-refractivity contribution in [2.45, 2.75) is 32.9 Å². The van der Waals surface area contributed by atoms with Gasteiger partial charge < -0.3 is 9.80 Å². The highest BCUT2D eigenvalue weighted by Gasteiger charge is 2.31. The molecule has 1 fully saturated rings. The van der Waals surface area contributed by atoms with Crippen LogP contribution < -0.4 is 4.90 Å². The van der Waals surface area contributed by atoms with Crippen LogP contribution in [-0.4, -0.2) is 56.6 Å². The maximum absolute atomic E-state index is 13.0. The van der Waals surface area contributed by atoms with Gasteiger partial charge >= 0.3 is 6.18 Å². The number of anilines is 1. The maximum atomic E-state index is 13.0. The van der Waals surface area contributed by atoms with Crippen molar-refractivity contribution in [3.05, 3.63) is 53.1 Å². The lowest BCUT2D eigenvalue weighted by Gasteiger charge is -2.36. The van der Waals surface area contributed by atoms with E-state index in [4.69, 9.17) is 0 Å². The van der Waals surface area contributed by atoms with Gasteiger partial charge in [-0.05, 0) is 44.0 Å². The number of hydrogen-bond acceptors (Lipinski definition) is 5. The molecule has 0 aliphatic carbocycles. The Balaban J connectivity index is 1.36. The van der Waals surface area contributed by atoms with E-state index in [1.165, 1.54) is 12.4 Å². The topological polar surface area (TPSA) is 66.6 Å². The molecule has 0 radical (unpaired) electrons. The van der Waals surface area contributed by atoms with Crippen molar-refractivity contribution in [1.29, 1.82) is 0 Å². The molecular weight excluding hydrogens is 409 g/mol. The Bertz CT molecular complexity index is 1100.